The Hall–Kier alpha value is -2.38. The minimum Gasteiger partial charge on any atom is -0.367 e. The first-order valence-corrected chi connectivity index (χ1v) is 9.78. The molecule has 148 valence electrons. The first kappa shape index (κ1) is 19.4. The van der Waals surface area contributed by atoms with Crippen LogP contribution in [0.2, 0.25) is 0 Å². The lowest BCUT2D eigenvalue weighted by atomic mass is 9.87. The largest absolute Gasteiger partial charge is 0.367 e. The van der Waals surface area contributed by atoms with Crippen molar-refractivity contribution in [1.29, 1.82) is 0 Å². The molecular weight excluding hydrogens is 346 g/mol. The number of rotatable bonds is 7. The molecule has 3 rings (SSSR count). The molecule has 1 aliphatic carbocycles. The predicted octanol–water partition coefficient (Wildman–Crippen LogP) is 0.894. The average molecular weight is 375 g/mol. The summed E-state index contributed by atoms with van der Waals surface area (Å²) in [7, 11) is 1.76. The Morgan fingerprint density at radius 2 is 1.89 bits per heavy atom. The van der Waals surface area contributed by atoms with Crippen molar-refractivity contribution in [2.45, 2.75) is 44.6 Å². The van der Waals surface area contributed by atoms with Crippen molar-refractivity contribution in [3.8, 4) is 0 Å². The van der Waals surface area contributed by atoms with Crippen LogP contribution < -0.4 is 10.6 Å². The quantitative estimate of drug-likeness (QED) is 0.510. The predicted molar refractivity (Wildman–Crippen MR) is 102 cm³/mol. The van der Waals surface area contributed by atoms with Gasteiger partial charge in [0.2, 0.25) is 5.91 Å². The fraction of sp³-hybridized carbons (Fsp3) is 0.684. The molecule has 0 bridgehead atoms. The third kappa shape index (κ3) is 4.14. The second-order valence-corrected chi connectivity index (χ2v) is 7.45. The lowest BCUT2D eigenvalue weighted by Gasteiger charge is -2.37. The van der Waals surface area contributed by atoms with E-state index in [1.54, 1.807) is 7.05 Å². The van der Waals surface area contributed by atoms with Gasteiger partial charge in [-0.3, -0.25) is 19.9 Å². The molecule has 2 heterocycles. The van der Waals surface area contributed by atoms with E-state index in [4.69, 9.17) is 0 Å². The first-order chi connectivity index (χ1) is 13.0. The summed E-state index contributed by atoms with van der Waals surface area (Å²) in [6.07, 6.45) is 7.44. The number of aliphatic imine (C=N–C) groups is 1. The average Bonchev–Trinajstić information content (AvgIpc) is 3.46. The number of imide groups is 1. The molecule has 0 aromatic rings. The van der Waals surface area contributed by atoms with Crippen molar-refractivity contribution in [3.05, 3.63) is 11.8 Å². The van der Waals surface area contributed by atoms with E-state index in [1.807, 2.05) is 11.1 Å². The number of carbonyl (C=O) groups is 3. The van der Waals surface area contributed by atoms with Crippen LogP contribution in [0.25, 0.3) is 0 Å². The van der Waals surface area contributed by atoms with Gasteiger partial charge in [-0.15, -0.1) is 0 Å². The fourth-order valence-electron chi connectivity index (χ4n) is 4.03. The standard InChI is InChI=1S/C19H29N5O3/c1-3-4-15(13-20-2)23-9-11-24(12-10-23)16(25)7-8-19(14-5-6-14)17(26)21-18(27)22-19/h4,13-14H,3,5-12H2,1-2H3,(H2,21,22,26,27)/b15-4+,20-13?. The number of allylic oxidation sites excluding steroid dienone is 2. The van der Waals surface area contributed by atoms with Gasteiger partial charge in [0.1, 0.15) is 5.54 Å². The number of hydrogen-bond donors (Lipinski definition) is 2. The smallest absolute Gasteiger partial charge is 0.322 e. The second-order valence-electron chi connectivity index (χ2n) is 7.45. The molecule has 4 amide bonds. The molecule has 2 N–H and O–H groups in total. The zero-order chi connectivity index (χ0) is 19.4. The van der Waals surface area contributed by atoms with Crippen molar-refractivity contribution in [3.63, 3.8) is 0 Å². The molecule has 8 nitrogen and oxygen atoms in total. The Morgan fingerprint density at radius 1 is 1.22 bits per heavy atom. The molecule has 3 aliphatic rings. The van der Waals surface area contributed by atoms with Crippen LogP contribution in [0.1, 0.15) is 39.0 Å². The Labute approximate surface area is 160 Å². The molecule has 0 radical (unpaired) electrons. The van der Waals surface area contributed by atoms with Gasteiger partial charge in [-0.2, -0.15) is 0 Å². The molecule has 0 aromatic carbocycles. The van der Waals surface area contributed by atoms with Crippen LogP contribution in [-0.2, 0) is 9.59 Å². The van der Waals surface area contributed by atoms with Gasteiger partial charge in [-0.25, -0.2) is 4.79 Å². The van der Waals surface area contributed by atoms with Gasteiger partial charge in [0, 0.05) is 45.9 Å². The Bertz CT molecular complexity index is 662. The third-order valence-electron chi connectivity index (χ3n) is 5.65. The Morgan fingerprint density at radius 3 is 2.41 bits per heavy atom. The summed E-state index contributed by atoms with van der Waals surface area (Å²) in [5.41, 5.74) is 0.216. The molecule has 1 saturated carbocycles. The Balaban J connectivity index is 1.53. The van der Waals surface area contributed by atoms with Crippen molar-refractivity contribution in [2.24, 2.45) is 10.9 Å². The van der Waals surface area contributed by atoms with E-state index >= 15 is 0 Å². The van der Waals surface area contributed by atoms with E-state index < -0.39 is 11.6 Å². The highest BCUT2D eigenvalue weighted by Gasteiger charge is 2.55. The minimum atomic E-state index is -0.886. The summed E-state index contributed by atoms with van der Waals surface area (Å²) < 4.78 is 0. The molecule has 2 aliphatic heterocycles. The first-order valence-electron chi connectivity index (χ1n) is 9.78. The molecule has 3 fully saturated rings. The van der Waals surface area contributed by atoms with Crippen molar-refractivity contribution in [1.82, 2.24) is 20.4 Å². The summed E-state index contributed by atoms with van der Waals surface area (Å²) in [6, 6.07) is -0.444. The third-order valence-corrected chi connectivity index (χ3v) is 5.65. The van der Waals surface area contributed by atoms with Gasteiger partial charge in [0.15, 0.2) is 0 Å². The summed E-state index contributed by atoms with van der Waals surface area (Å²) >= 11 is 0. The van der Waals surface area contributed by atoms with Crippen molar-refractivity contribution in [2.75, 3.05) is 33.2 Å². The van der Waals surface area contributed by atoms with E-state index in [1.165, 1.54) is 0 Å². The molecule has 8 heteroatoms. The van der Waals surface area contributed by atoms with Crippen LogP contribution in [0.5, 0.6) is 0 Å². The van der Waals surface area contributed by atoms with E-state index in [9.17, 15) is 14.4 Å². The molecule has 0 spiro atoms. The molecular formula is C19H29N5O3. The number of nitrogens with zero attached hydrogens (tertiary/aromatic N) is 3. The highest BCUT2D eigenvalue weighted by molar-refractivity contribution is 6.07. The summed E-state index contributed by atoms with van der Waals surface area (Å²) in [4.78, 5) is 44.8. The van der Waals surface area contributed by atoms with Gasteiger partial charge < -0.3 is 15.1 Å². The van der Waals surface area contributed by atoms with Gasteiger partial charge >= 0.3 is 6.03 Å². The zero-order valence-corrected chi connectivity index (χ0v) is 16.2. The summed E-state index contributed by atoms with van der Waals surface area (Å²) in [5.74, 6) is -0.0710. The number of nitrogens with one attached hydrogen (secondary N) is 2. The lowest BCUT2D eigenvalue weighted by molar-refractivity contribution is -0.133. The summed E-state index contributed by atoms with van der Waals surface area (Å²) in [5, 5.41) is 5.12. The van der Waals surface area contributed by atoms with Crippen LogP contribution in [0.3, 0.4) is 0 Å². The van der Waals surface area contributed by atoms with E-state index in [2.05, 4.69) is 33.5 Å². The molecule has 2 saturated heterocycles. The van der Waals surface area contributed by atoms with Crippen LogP contribution in [-0.4, -0.2) is 72.6 Å². The number of hydrogen-bond acceptors (Lipinski definition) is 5. The van der Waals surface area contributed by atoms with Gasteiger partial charge in [0.25, 0.3) is 5.91 Å². The number of amides is 4. The normalized spacial score (nSPS) is 26.5. The van der Waals surface area contributed by atoms with Crippen LogP contribution >= 0.6 is 0 Å². The van der Waals surface area contributed by atoms with Crippen LogP contribution in [0.4, 0.5) is 4.79 Å². The minimum absolute atomic E-state index is 0.0498. The Kier molecular flexibility index (Phi) is 5.82. The van der Waals surface area contributed by atoms with Gasteiger partial charge in [0.05, 0.1) is 5.70 Å². The lowest BCUT2D eigenvalue weighted by Crippen LogP contribution is -2.51. The van der Waals surface area contributed by atoms with Gasteiger partial charge in [-0.1, -0.05) is 13.0 Å². The molecule has 27 heavy (non-hydrogen) atoms. The summed E-state index contributed by atoms with van der Waals surface area (Å²) in [6.45, 7) is 4.96. The number of carbonyl (C=O) groups excluding carboxylic acids is 3. The fourth-order valence-corrected chi connectivity index (χ4v) is 4.03. The SMILES string of the molecule is CC/C=C(\C=NC)N1CCN(C(=O)CCC2(C3CC3)NC(=O)NC2=O)CC1. The van der Waals surface area contributed by atoms with Gasteiger partial charge in [-0.05, 0) is 31.6 Å². The second kappa shape index (κ2) is 8.10. The van der Waals surface area contributed by atoms with Crippen molar-refractivity contribution < 1.29 is 14.4 Å². The van der Waals surface area contributed by atoms with E-state index in [-0.39, 0.29) is 24.2 Å². The van der Waals surface area contributed by atoms with E-state index in [0.29, 0.717) is 19.5 Å². The maximum absolute atomic E-state index is 12.7. The maximum atomic E-state index is 12.7. The zero-order valence-electron chi connectivity index (χ0n) is 16.2. The number of piperazine rings is 1. The maximum Gasteiger partial charge on any atom is 0.322 e. The highest BCUT2D eigenvalue weighted by atomic mass is 16.2. The van der Waals surface area contributed by atoms with Crippen LogP contribution in [0, 0.1) is 5.92 Å². The van der Waals surface area contributed by atoms with E-state index in [0.717, 1.165) is 38.0 Å². The monoisotopic (exact) mass is 375 g/mol. The van der Waals surface area contributed by atoms with Crippen molar-refractivity contribution >= 4 is 24.1 Å². The van der Waals surface area contributed by atoms with Crippen LogP contribution in [0.15, 0.2) is 16.8 Å². The topological polar surface area (TPSA) is 94.1 Å². The number of urea groups is 1. The highest BCUT2D eigenvalue weighted by Crippen LogP contribution is 2.43. The molecule has 0 aromatic heterocycles. The molecule has 1 atom stereocenters. The molecule has 1 unspecified atom stereocenters.